The third-order valence-corrected chi connectivity index (χ3v) is 2.34. The second kappa shape index (κ2) is 6.03. The van der Waals surface area contributed by atoms with Gasteiger partial charge in [-0.3, -0.25) is 14.3 Å². The maximum absolute atomic E-state index is 11.7. The van der Waals surface area contributed by atoms with Gasteiger partial charge in [-0.25, -0.2) is 0 Å². The lowest BCUT2D eigenvalue weighted by Gasteiger charge is -2.04. The zero-order valence-corrected chi connectivity index (χ0v) is 10.1. The molecule has 6 heteroatoms. The van der Waals surface area contributed by atoms with Crippen molar-refractivity contribution in [1.82, 2.24) is 15.1 Å². The van der Waals surface area contributed by atoms with E-state index in [9.17, 15) is 9.59 Å². The maximum Gasteiger partial charge on any atom is 0.303 e. The van der Waals surface area contributed by atoms with Crippen molar-refractivity contribution in [2.45, 2.75) is 26.2 Å². The van der Waals surface area contributed by atoms with Gasteiger partial charge in [0.05, 0.1) is 5.69 Å². The highest BCUT2D eigenvalue weighted by Crippen LogP contribution is 2.01. The highest BCUT2D eigenvalue weighted by atomic mass is 16.4. The Hall–Kier alpha value is -1.85. The van der Waals surface area contributed by atoms with Crippen molar-refractivity contribution in [3.8, 4) is 0 Å². The predicted octanol–water partition coefficient (Wildman–Crippen LogP) is 0.713. The van der Waals surface area contributed by atoms with Crippen LogP contribution < -0.4 is 5.32 Å². The van der Waals surface area contributed by atoms with Gasteiger partial charge in [0.15, 0.2) is 0 Å². The minimum Gasteiger partial charge on any atom is -0.481 e. The minimum atomic E-state index is -0.807. The third kappa shape index (κ3) is 4.26. The van der Waals surface area contributed by atoms with E-state index in [1.807, 2.05) is 6.92 Å². The number of carbonyl (C=O) groups is 2. The van der Waals surface area contributed by atoms with Crippen LogP contribution in [0.5, 0.6) is 0 Å². The molecular formula is C11H17N3O3. The van der Waals surface area contributed by atoms with Gasteiger partial charge in [0.25, 0.3) is 5.91 Å². The lowest BCUT2D eigenvalue weighted by molar-refractivity contribution is -0.137. The minimum absolute atomic E-state index is 0.140. The van der Waals surface area contributed by atoms with E-state index < -0.39 is 5.97 Å². The average Bonchev–Trinajstić information content (AvgIpc) is 2.56. The molecule has 17 heavy (non-hydrogen) atoms. The van der Waals surface area contributed by atoms with E-state index in [1.54, 1.807) is 13.1 Å². The molecule has 1 amide bonds. The molecule has 2 N–H and O–H groups in total. The van der Waals surface area contributed by atoms with E-state index in [2.05, 4.69) is 10.4 Å². The van der Waals surface area contributed by atoms with E-state index in [1.165, 1.54) is 4.68 Å². The number of hydrogen-bond donors (Lipinski definition) is 2. The van der Waals surface area contributed by atoms with E-state index in [4.69, 9.17) is 5.11 Å². The molecule has 1 aromatic heterocycles. The summed E-state index contributed by atoms with van der Waals surface area (Å²) in [6.07, 6.45) is 1.37. The number of aromatic nitrogens is 2. The summed E-state index contributed by atoms with van der Waals surface area (Å²) in [6, 6.07) is 1.71. The molecule has 1 aromatic rings. The topological polar surface area (TPSA) is 84.2 Å². The van der Waals surface area contributed by atoms with Crippen LogP contribution in [0.15, 0.2) is 6.07 Å². The number of carbonyl (C=O) groups excluding carboxylic acids is 1. The van der Waals surface area contributed by atoms with Crippen LogP contribution in [-0.4, -0.2) is 33.3 Å². The fourth-order valence-corrected chi connectivity index (χ4v) is 1.52. The number of aliphatic carboxylic acids is 1. The molecule has 1 heterocycles. The van der Waals surface area contributed by atoms with Crippen LogP contribution in [0.3, 0.4) is 0 Å². The zero-order valence-electron chi connectivity index (χ0n) is 10.1. The van der Waals surface area contributed by atoms with Gasteiger partial charge in [0.1, 0.15) is 5.69 Å². The summed E-state index contributed by atoms with van der Waals surface area (Å²) < 4.78 is 1.53. The number of rotatable bonds is 6. The van der Waals surface area contributed by atoms with Gasteiger partial charge >= 0.3 is 5.97 Å². The molecule has 0 aliphatic carbocycles. The van der Waals surface area contributed by atoms with Crippen LogP contribution in [0.25, 0.3) is 0 Å². The van der Waals surface area contributed by atoms with E-state index >= 15 is 0 Å². The smallest absolute Gasteiger partial charge is 0.303 e. The van der Waals surface area contributed by atoms with Crippen LogP contribution in [0, 0.1) is 6.92 Å². The molecule has 6 nitrogen and oxygen atoms in total. The summed E-state index contributed by atoms with van der Waals surface area (Å²) in [4.78, 5) is 22.0. The second-order valence-corrected chi connectivity index (χ2v) is 3.90. The molecule has 94 valence electrons. The van der Waals surface area contributed by atoms with Crippen molar-refractivity contribution in [3.05, 3.63) is 17.5 Å². The summed E-state index contributed by atoms with van der Waals surface area (Å²) in [6.45, 7) is 2.31. The average molecular weight is 239 g/mol. The van der Waals surface area contributed by atoms with Crippen LogP contribution in [-0.2, 0) is 11.8 Å². The first kappa shape index (κ1) is 13.2. The normalized spacial score (nSPS) is 10.2. The van der Waals surface area contributed by atoms with Gasteiger partial charge in [-0.15, -0.1) is 0 Å². The standard InChI is InChI=1S/C11H17N3O3/c1-8-7-9(14(2)13-8)11(17)12-6-4-3-5-10(15)16/h7H,3-6H2,1-2H3,(H,12,17)(H,15,16). The first-order valence-corrected chi connectivity index (χ1v) is 5.51. The molecule has 0 unspecified atom stereocenters. The molecule has 1 rings (SSSR count). The van der Waals surface area contributed by atoms with Crippen molar-refractivity contribution in [1.29, 1.82) is 0 Å². The van der Waals surface area contributed by atoms with Crippen molar-refractivity contribution in [3.63, 3.8) is 0 Å². The number of hydrogen-bond acceptors (Lipinski definition) is 3. The first-order valence-electron chi connectivity index (χ1n) is 5.51. The number of aryl methyl sites for hydroxylation is 2. The Morgan fingerprint density at radius 2 is 2.18 bits per heavy atom. The largest absolute Gasteiger partial charge is 0.481 e. The van der Waals surface area contributed by atoms with Crippen molar-refractivity contribution in [2.75, 3.05) is 6.54 Å². The van der Waals surface area contributed by atoms with Crippen LogP contribution >= 0.6 is 0 Å². The summed E-state index contributed by atoms with van der Waals surface area (Å²) >= 11 is 0. The predicted molar refractivity (Wildman–Crippen MR) is 61.8 cm³/mol. The molecule has 0 aliphatic rings. The molecule has 0 radical (unpaired) electrons. The highest BCUT2D eigenvalue weighted by Gasteiger charge is 2.10. The Bertz CT molecular complexity index is 412. The Labute approximate surface area is 99.6 Å². The molecule has 0 atom stereocenters. The van der Waals surface area contributed by atoms with E-state index in [0.29, 0.717) is 25.1 Å². The summed E-state index contributed by atoms with van der Waals surface area (Å²) in [7, 11) is 1.71. The number of nitrogens with one attached hydrogen (secondary N) is 1. The maximum atomic E-state index is 11.7. The molecule has 0 aliphatic heterocycles. The Morgan fingerprint density at radius 1 is 1.47 bits per heavy atom. The Morgan fingerprint density at radius 3 is 2.71 bits per heavy atom. The van der Waals surface area contributed by atoms with Gasteiger partial charge in [-0.05, 0) is 25.8 Å². The molecular weight excluding hydrogens is 222 g/mol. The summed E-state index contributed by atoms with van der Waals surface area (Å²) in [5.41, 5.74) is 1.31. The Balaban J connectivity index is 2.30. The van der Waals surface area contributed by atoms with Crippen molar-refractivity contribution >= 4 is 11.9 Å². The third-order valence-electron chi connectivity index (χ3n) is 2.34. The number of carboxylic acid groups (broad SMARTS) is 1. The van der Waals surface area contributed by atoms with E-state index in [-0.39, 0.29) is 12.3 Å². The molecule has 0 bridgehead atoms. The molecule has 0 saturated carbocycles. The van der Waals surface area contributed by atoms with Gasteiger partial charge < -0.3 is 10.4 Å². The number of nitrogens with zero attached hydrogens (tertiary/aromatic N) is 2. The molecule has 0 fully saturated rings. The highest BCUT2D eigenvalue weighted by molar-refractivity contribution is 5.92. The van der Waals surface area contributed by atoms with E-state index in [0.717, 1.165) is 5.69 Å². The number of unbranched alkanes of at least 4 members (excludes halogenated alkanes) is 1. The van der Waals surface area contributed by atoms with Crippen LogP contribution in [0.1, 0.15) is 35.4 Å². The van der Waals surface area contributed by atoms with Crippen LogP contribution in [0.2, 0.25) is 0 Å². The number of amides is 1. The molecule has 0 saturated heterocycles. The van der Waals surface area contributed by atoms with Crippen LogP contribution in [0.4, 0.5) is 0 Å². The number of carboxylic acids is 1. The first-order chi connectivity index (χ1) is 8.00. The SMILES string of the molecule is Cc1cc(C(=O)NCCCCC(=O)O)n(C)n1. The van der Waals surface area contributed by atoms with Gasteiger partial charge in [0.2, 0.25) is 0 Å². The van der Waals surface area contributed by atoms with Gasteiger partial charge in [0, 0.05) is 20.0 Å². The van der Waals surface area contributed by atoms with Crippen molar-refractivity contribution in [2.24, 2.45) is 7.05 Å². The fourth-order valence-electron chi connectivity index (χ4n) is 1.52. The summed E-state index contributed by atoms with van der Waals surface area (Å²) in [5.74, 6) is -0.984. The fraction of sp³-hybridized carbons (Fsp3) is 0.545. The van der Waals surface area contributed by atoms with Crippen molar-refractivity contribution < 1.29 is 14.7 Å². The zero-order chi connectivity index (χ0) is 12.8. The molecule has 0 aromatic carbocycles. The lowest BCUT2D eigenvalue weighted by Crippen LogP contribution is -2.26. The lowest BCUT2D eigenvalue weighted by atomic mass is 10.2. The van der Waals surface area contributed by atoms with Gasteiger partial charge in [-0.2, -0.15) is 5.10 Å². The Kier molecular flexibility index (Phi) is 4.68. The quantitative estimate of drug-likeness (QED) is 0.716. The van der Waals surface area contributed by atoms with Gasteiger partial charge in [-0.1, -0.05) is 0 Å². The summed E-state index contributed by atoms with van der Waals surface area (Å²) in [5, 5.41) is 15.3. The molecule has 0 spiro atoms. The second-order valence-electron chi connectivity index (χ2n) is 3.90. The monoisotopic (exact) mass is 239 g/mol.